The zero-order valence-electron chi connectivity index (χ0n) is 23.2. The summed E-state index contributed by atoms with van der Waals surface area (Å²) < 4.78 is 40.6. The molecule has 10 heteroatoms. The monoisotopic (exact) mass is 570 g/mol. The van der Waals surface area contributed by atoms with E-state index < -0.39 is 16.1 Å². The van der Waals surface area contributed by atoms with E-state index in [0.29, 0.717) is 33.8 Å². The Bertz CT molecular complexity index is 1780. The van der Waals surface area contributed by atoms with Gasteiger partial charge in [-0.1, -0.05) is 59.8 Å². The summed E-state index contributed by atoms with van der Waals surface area (Å²) in [5.74, 6) is 0.410. The molecular formula is C31H30N4O5S. The van der Waals surface area contributed by atoms with E-state index in [1.54, 1.807) is 50.2 Å². The van der Waals surface area contributed by atoms with Crippen LogP contribution >= 0.6 is 0 Å². The molecule has 1 N–H and O–H groups in total. The van der Waals surface area contributed by atoms with Crippen molar-refractivity contribution in [3.05, 3.63) is 108 Å². The number of oxazole rings is 1. The highest BCUT2D eigenvalue weighted by Gasteiger charge is 2.27. The van der Waals surface area contributed by atoms with E-state index in [2.05, 4.69) is 14.9 Å². The van der Waals surface area contributed by atoms with Gasteiger partial charge in [-0.15, -0.1) is 0 Å². The molecule has 1 unspecified atom stereocenters. The largest absolute Gasteiger partial charge is 0.445 e. The Kier molecular flexibility index (Phi) is 7.76. The minimum absolute atomic E-state index is 0.0593. The fraction of sp³-hybridized carbons (Fsp3) is 0.194. The lowest BCUT2D eigenvalue weighted by Gasteiger charge is -2.28. The number of benzene rings is 3. The fourth-order valence-electron chi connectivity index (χ4n) is 4.58. The molecule has 0 saturated heterocycles. The molecule has 5 rings (SSSR count). The van der Waals surface area contributed by atoms with Crippen molar-refractivity contribution in [2.24, 2.45) is 0 Å². The first-order valence-electron chi connectivity index (χ1n) is 13.0. The van der Waals surface area contributed by atoms with Gasteiger partial charge in [-0.05, 0) is 55.7 Å². The summed E-state index contributed by atoms with van der Waals surface area (Å²) in [6, 6.07) is 21.4. The summed E-state index contributed by atoms with van der Waals surface area (Å²) in [5.41, 5.74) is 4.67. The van der Waals surface area contributed by atoms with Crippen LogP contribution in [0.5, 0.6) is 0 Å². The van der Waals surface area contributed by atoms with Crippen LogP contribution in [-0.4, -0.2) is 36.4 Å². The van der Waals surface area contributed by atoms with E-state index in [1.165, 1.54) is 12.3 Å². The van der Waals surface area contributed by atoms with Crippen molar-refractivity contribution in [3.8, 4) is 22.6 Å². The molecule has 0 aliphatic rings. The van der Waals surface area contributed by atoms with Gasteiger partial charge in [-0.2, -0.15) is 0 Å². The van der Waals surface area contributed by atoms with Crippen LogP contribution in [0.15, 0.2) is 99.1 Å². The van der Waals surface area contributed by atoms with Gasteiger partial charge in [0.05, 0.1) is 29.2 Å². The molecular weight excluding hydrogens is 540 g/mol. The Morgan fingerprint density at radius 3 is 2.41 bits per heavy atom. The second kappa shape index (κ2) is 11.4. The highest BCUT2D eigenvalue weighted by atomic mass is 32.2. The third kappa shape index (κ3) is 5.78. The van der Waals surface area contributed by atoms with Crippen LogP contribution in [0.3, 0.4) is 0 Å². The van der Waals surface area contributed by atoms with Crippen molar-refractivity contribution < 1.29 is 22.2 Å². The topological polar surface area (TPSA) is 119 Å². The summed E-state index contributed by atoms with van der Waals surface area (Å²) >= 11 is 0. The Morgan fingerprint density at radius 1 is 1.00 bits per heavy atom. The summed E-state index contributed by atoms with van der Waals surface area (Å²) in [5, 5.41) is 3.86. The lowest BCUT2D eigenvalue weighted by Crippen LogP contribution is -2.31. The summed E-state index contributed by atoms with van der Waals surface area (Å²) in [6.45, 7) is 5.39. The number of sulfonamides is 1. The van der Waals surface area contributed by atoms with Crippen molar-refractivity contribution in [3.63, 3.8) is 0 Å². The zero-order chi connectivity index (χ0) is 29.1. The molecule has 0 aliphatic heterocycles. The summed E-state index contributed by atoms with van der Waals surface area (Å²) in [4.78, 5) is 19.3. The first-order valence-corrected chi connectivity index (χ1v) is 14.5. The van der Waals surface area contributed by atoms with Gasteiger partial charge < -0.3 is 13.8 Å². The number of hydrogen-bond donors (Lipinski definition) is 1. The number of likely N-dealkylation sites (N-methyl/N-ethyl adjacent to an activating group) is 1. The average Bonchev–Trinajstić information content (AvgIpc) is 3.63. The lowest BCUT2D eigenvalue weighted by atomic mass is 9.92. The van der Waals surface area contributed by atoms with Crippen molar-refractivity contribution in [2.75, 3.05) is 11.8 Å². The van der Waals surface area contributed by atoms with Crippen molar-refractivity contribution in [1.82, 2.24) is 15.0 Å². The SMILES string of the molecule is Cc1noc(NS(=O)(=O)c2ccccc2-c2ccc(-c3ncco3)cc2C(C)N(C)C(=O)Cc2ccccc2)c1C. The van der Waals surface area contributed by atoms with Gasteiger partial charge in [0.15, 0.2) is 0 Å². The fourth-order valence-corrected chi connectivity index (χ4v) is 5.85. The Hall–Kier alpha value is -4.70. The zero-order valence-corrected chi connectivity index (χ0v) is 24.0. The van der Waals surface area contributed by atoms with Crippen LogP contribution in [0.4, 0.5) is 5.88 Å². The second-order valence-electron chi connectivity index (χ2n) is 9.81. The van der Waals surface area contributed by atoms with Gasteiger partial charge in [0.25, 0.3) is 10.0 Å². The van der Waals surface area contributed by atoms with Gasteiger partial charge >= 0.3 is 0 Å². The van der Waals surface area contributed by atoms with Crippen molar-refractivity contribution in [2.45, 2.75) is 38.1 Å². The molecule has 210 valence electrons. The Morgan fingerprint density at radius 2 is 1.73 bits per heavy atom. The maximum Gasteiger partial charge on any atom is 0.264 e. The van der Waals surface area contributed by atoms with Gasteiger partial charge in [-0.25, -0.2) is 18.1 Å². The minimum atomic E-state index is -4.07. The highest BCUT2D eigenvalue weighted by Crippen LogP contribution is 2.38. The number of amides is 1. The first-order chi connectivity index (χ1) is 19.7. The van der Waals surface area contributed by atoms with E-state index in [9.17, 15) is 13.2 Å². The molecule has 0 aliphatic carbocycles. The maximum atomic E-state index is 13.6. The van der Waals surface area contributed by atoms with Crippen LogP contribution in [0.1, 0.15) is 35.3 Å². The number of rotatable bonds is 9. The van der Waals surface area contributed by atoms with Gasteiger partial charge in [0, 0.05) is 23.7 Å². The average molecular weight is 571 g/mol. The molecule has 0 spiro atoms. The minimum Gasteiger partial charge on any atom is -0.445 e. The van der Waals surface area contributed by atoms with Crippen LogP contribution in [-0.2, 0) is 21.2 Å². The maximum absolute atomic E-state index is 13.6. The molecule has 0 radical (unpaired) electrons. The molecule has 1 amide bonds. The molecule has 2 heterocycles. The van der Waals surface area contributed by atoms with Crippen molar-refractivity contribution >= 4 is 21.8 Å². The van der Waals surface area contributed by atoms with Gasteiger partial charge in [-0.3, -0.25) is 4.79 Å². The standard InChI is InChI=1S/C31H30N4O5S/c1-20-21(2)33-40-30(20)34-41(37,38)28-13-9-8-12-26(28)25-15-14-24(31-32-16-17-39-31)19-27(25)22(3)35(4)29(36)18-23-10-6-5-7-11-23/h5-17,19,22,34H,18H2,1-4H3. The van der Waals surface area contributed by atoms with Crippen LogP contribution in [0.2, 0.25) is 0 Å². The smallest absolute Gasteiger partial charge is 0.264 e. The predicted octanol–water partition coefficient (Wildman–Crippen LogP) is 6.18. The predicted molar refractivity (Wildman–Crippen MR) is 155 cm³/mol. The Labute approximate surface area is 238 Å². The van der Waals surface area contributed by atoms with E-state index >= 15 is 0 Å². The number of carbonyl (C=O) groups is 1. The van der Waals surface area contributed by atoms with E-state index in [4.69, 9.17) is 8.94 Å². The highest BCUT2D eigenvalue weighted by molar-refractivity contribution is 7.92. The molecule has 2 aromatic heterocycles. The van der Waals surface area contributed by atoms with Crippen molar-refractivity contribution in [1.29, 1.82) is 0 Å². The van der Waals surface area contributed by atoms with Crippen LogP contribution in [0.25, 0.3) is 22.6 Å². The molecule has 3 aromatic carbocycles. The third-order valence-electron chi connectivity index (χ3n) is 7.20. The molecule has 9 nitrogen and oxygen atoms in total. The third-order valence-corrected chi connectivity index (χ3v) is 8.59. The van der Waals surface area contributed by atoms with Gasteiger partial charge in [0.1, 0.15) is 6.26 Å². The summed E-state index contributed by atoms with van der Waals surface area (Å²) in [6.07, 6.45) is 3.28. The molecule has 5 aromatic rings. The van der Waals surface area contributed by atoms with E-state index in [-0.39, 0.29) is 23.1 Å². The molecule has 0 bridgehead atoms. The lowest BCUT2D eigenvalue weighted by molar-refractivity contribution is -0.131. The number of carbonyl (C=O) groups excluding carboxylic acids is 1. The Balaban J connectivity index is 1.58. The number of aromatic nitrogens is 2. The van der Waals surface area contributed by atoms with Crippen LogP contribution in [0, 0.1) is 13.8 Å². The number of nitrogens with zero attached hydrogens (tertiary/aromatic N) is 3. The van der Waals surface area contributed by atoms with E-state index in [0.717, 1.165) is 11.1 Å². The molecule has 41 heavy (non-hydrogen) atoms. The van der Waals surface area contributed by atoms with Gasteiger partial charge in [0.2, 0.25) is 17.7 Å². The number of nitrogens with one attached hydrogen (secondary N) is 1. The summed E-state index contributed by atoms with van der Waals surface area (Å²) in [7, 11) is -2.32. The molecule has 1 atom stereocenters. The number of anilines is 1. The first kappa shape index (κ1) is 27.9. The molecule has 0 saturated carbocycles. The van der Waals surface area contributed by atoms with E-state index in [1.807, 2.05) is 55.5 Å². The quantitative estimate of drug-likeness (QED) is 0.225. The number of hydrogen-bond acceptors (Lipinski definition) is 7. The normalized spacial score (nSPS) is 12.2. The second-order valence-corrected chi connectivity index (χ2v) is 11.5. The molecule has 0 fully saturated rings. The van der Waals surface area contributed by atoms with Crippen LogP contribution < -0.4 is 4.72 Å². The number of aryl methyl sites for hydroxylation is 1.